The van der Waals surface area contributed by atoms with E-state index in [0.717, 1.165) is 23.4 Å². The summed E-state index contributed by atoms with van der Waals surface area (Å²) in [4.78, 5) is 11.8. The molecule has 1 atom stereocenters. The van der Waals surface area contributed by atoms with Crippen molar-refractivity contribution < 1.29 is 9.53 Å². The van der Waals surface area contributed by atoms with Gasteiger partial charge in [-0.2, -0.15) is 0 Å². The molecule has 0 heterocycles. The topological polar surface area (TPSA) is 50.4 Å². The minimum absolute atomic E-state index is 0.0508. The fourth-order valence-electron chi connectivity index (χ4n) is 1.61. The number of ether oxygens (including phenoxy) is 1. The lowest BCUT2D eigenvalue weighted by Gasteiger charge is -2.14. The summed E-state index contributed by atoms with van der Waals surface area (Å²) < 4.78 is 5.53. The quantitative estimate of drug-likeness (QED) is 0.796. The number of hydrogen-bond donors (Lipinski definition) is 2. The largest absolute Gasteiger partial charge is 0.492 e. The fraction of sp³-hybridized carbons (Fsp3) is 0.533. The number of carbonyl (C=O) groups is 1. The van der Waals surface area contributed by atoms with Gasteiger partial charge < -0.3 is 15.4 Å². The van der Waals surface area contributed by atoms with Gasteiger partial charge in [-0.05, 0) is 44.9 Å². The van der Waals surface area contributed by atoms with E-state index in [-0.39, 0.29) is 5.91 Å². The second-order valence-corrected chi connectivity index (χ2v) is 4.67. The summed E-state index contributed by atoms with van der Waals surface area (Å²) in [7, 11) is 0. The molecule has 19 heavy (non-hydrogen) atoms. The van der Waals surface area contributed by atoms with Gasteiger partial charge in [-0.3, -0.25) is 4.79 Å². The van der Waals surface area contributed by atoms with Gasteiger partial charge in [0.05, 0.1) is 18.8 Å². The smallest absolute Gasteiger partial charge is 0.238 e. The van der Waals surface area contributed by atoms with Gasteiger partial charge in [0.25, 0.3) is 0 Å². The Morgan fingerprint density at radius 1 is 1.37 bits per heavy atom. The maximum absolute atomic E-state index is 11.8. The van der Waals surface area contributed by atoms with Crippen molar-refractivity contribution in [2.24, 2.45) is 0 Å². The summed E-state index contributed by atoms with van der Waals surface area (Å²) in [6, 6.07) is 6.11. The van der Waals surface area contributed by atoms with Gasteiger partial charge in [0.2, 0.25) is 5.91 Å². The van der Waals surface area contributed by atoms with Gasteiger partial charge in [-0.1, -0.05) is 13.0 Å². The SMILES string of the molecule is CCOc1cc(C)ccc1NC(=O)CNC(C)CC. The zero-order valence-corrected chi connectivity index (χ0v) is 12.2. The summed E-state index contributed by atoms with van der Waals surface area (Å²) in [5.41, 5.74) is 1.84. The highest BCUT2D eigenvalue weighted by molar-refractivity contribution is 5.93. The number of carbonyl (C=O) groups excluding carboxylic acids is 1. The number of aryl methyl sites for hydroxylation is 1. The van der Waals surface area contributed by atoms with Crippen LogP contribution in [0.2, 0.25) is 0 Å². The third kappa shape index (κ3) is 5.30. The van der Waals surface area contributed by atoms with Crippen LogP contribution in [0, 0.1) is 6.92 Å². The van der Waals surface area contributed by atoms with Gasteiger partial charge in [0.1, 0.15) is 5.75 Å². The fourth-order valence-corrected chi connectivity index (χ4v) is 1.61. The van der Waals surface area contributed by atoms with E-state index >= 15 is 0 Å². The molecule has 0 saturated heterocycles. The van der Waals surface area contributed by atoms with E-state index in [1.807, 2.05) is 32.0 Å². The molecule has 4 heteroatoms. The van der Waals surface area contributed by atoms with Crippen LogP contribution in [0.15, 0.2) is 18.2 Å². The third-order valence-electron chi connectivity index (χ3n) is 2.93. The van der Waals surface area contributed by atoms with Crippen molar-refractivity contribution in [2.75, 3.05) is 18.5 Å². The van der Waals surface area contributed by atoms with Crippen molar-refractivity contribution in [3.63, 3.8) is 0 Å². The summed E-state index contributed by atoms with van der Waals surface area (Å²) in [6.45, 7) is 8.97. The number of nitrogens with one attached hydrogen (secondary N) is 2. The van der Waals surface area contributed by atoms with Gasteiger partial charge in [-0.25, -0.2) is 0 Å². The molecular weight excluding hydrogens is 240 g/mol. The molecule has 0 fully saturated rings. The van der Waals surface area contributed by atoms with Crippen molar-refractivity contribution in [3.05, 3.63) is 23.8 Å². The van der Waals surface area contributed by atoms with Crippen molar-refractivity contribution in [1.29, 1.82) is 0 Å². The summed E-state index contributed by atoms with van der Waals surface area (Å²) in [5.74, 6) is 0.671. The van der Waals surface area contributed by atoms with E-state index in [4.69, 9.17) is 4.74 Å². The Labute approximate surface area is 115 Å². The maximum atomic E-state index is 11.8. The van der Waals surface area contributed by atoms with Crippen LogP contribution in [0.25, 0.3) is 0 Å². The molecule has 0 saturated carbocycles. The first kappa shape index (κ1) is 15.5. The first-order valence-electron chi connectivity index (χ1n) is 6.83. The van der Waals surface area contributed by atoms with Crippen molar-refractivity contribution in [2.45, 2.75) is 40.2 Å². The van der Waals surface area contributed by atoms with Gasteiger partial charge >= 0.3 is 0 Å². The van der Waals surface area contributed by atoms with Crippen LogP contribution in [0.1, 0.15) is 32.8 Å². The average Bonchev–Trinajstić information content (AvgIpc) is 2.39. The van der Waals surface area contributed by atoms with Crippen LogP contribution in [-0.4, -0.2) is 25.1 Å². The molecule has 0 aliphatic carbocycles. The highest BCUT2D eigenvalue weighted by Gasteiger charge is 2.09. The predicted molar refractivity (Wildman–Crippen MR) is 78.7 cm³/mol. The van der Waals surface area contributed by atoms with E-state index in [2.05, 4.69) is 24.5 Å². The molecule has 4 nitrogen and oxygen atoms in total. The molecule has 1 aromatic rings. The Bertz CT molecular complexity index is 419. The molecule has 0 spiro atoms. The molecule has 1 unspecified atom stereocenters. The van der Waals surface area contributed by atoms with Crippen LogP contribution in [0.3, 0.4) is 0 Å². The third-order valence-corrected chi connectivity index (χ3v) is 2.93. The van der Waals surface area contributed by atoms with Crippen LogP contribution < -0.4 is 15.4 Å². The van der Waals surface area contributed by atoms with Crippen molar-refractivity contribution >= 4 is 11.6 Å². The Morgan fingerprint density at radius 3 is 2.74 bits per heavy atom. The lowest BCUT2D eigenvalue weighted by atomic mass is 10.2. The number of amides is 1. The molecule has 0 bridgehead atoms. The van der Waals surface area contributed by atoms with Crippen molar-refractivity contribution in [1.82, 2.24) is 5.32 Å². The Balaban J connectivity index is 2.62. The van der Waals surface area contributed by atoms with Crippen LogP contribution in [0.4, 0.5) is 5.69 Å². The highest BCUT2D eigenvalue weighted by Crippen LogP contribution is 2.25. The van der Waals surface area contributed by atoms with E-state index in [1.165, 1.54) is 0 Å². The van der Waals surface area contributed by atoms with E-state index in [0.29, 0.717) is 19.2 Å². The second kappa shape index (κ2) is 7.79. The first-order valence-corrected chi connectivity index (χ1v) is 6.83. The van der Waals surface area contributed by atoms with Crippen molar-refractivity contribution in [3.8, 4) is 5.75 Å². The Kier molecular flexibility index (Phi) is 6.36. The number of benzene rings is 1. The average molecular weight is 264 g/mol. The summed E-state index contributed by atoms with van der Waals surface area (Å²) >= 11 is 0. The minimum Gasteiger partial charge on any atom is -0.492 e. The lowest BCUT2D eigenvalue weighted by Crippen LogP contribution is -2.34. The molecule has 0 aliphatic heterocycles. The first-order chi connectivity index (χ1) is 9.06. The van der Waals surface area contributed by atoms with Gasteiger partial charge in [0.15, 0.2) is 0 Å². The zero-order valence-electron chi connectivity index (χ0n) is 12.2. The molecule has 1 rings (SSSR count). The van der Waals surface area contributed by atoms with E-state index in [9.17, 15) is 4.79 Å². The van der Waals surface area contributed by atoms with Gasteiger partial charge in [0, 0.05) is 6.04 Å². The molecule has 0 aromatic heterocycles. The minimum atomic E-state index is -0.0508. The van der Waals surface area contributed by atoms with E-state index < -0.39 is 0 Å². The standard InChI is InChI=1S/C15H24N2O2/c1-5-12(4)16-10-15(18)17-13-8-7-11(3)9-14(13)19-6-2/h7-9,12,16H,5-6,10H2,1-4H3,(H,17,18). The molecule has 0 aliphatic rings. The molecule has 1 amide bonds. The van der Waals surface area contributed by atoms with Crippen LogP contribution in [0.5, 0.6) is 5.75 Å². The maximum Gasteiger partial charge on any atom is 0.238 e. The summed E-state index contributed by atoms with van der Waals surface area (Å²) in [6.07, 6.45) is 1.00. The zero-order chi connectivity index (χ0) is 14.3. The van der Waals surface area contributed by atoms with Gasteiger partial charge in [-0.15, -0.1) is 0 Å². The van der Waals surface area contributed by atoms with Crippen LogP contribution >= 0.6 is 0 Å². The molecule has 1 aromatic carbocycles. The van der Waals surface area contributed by atoms with Crippen LogP contribution in [-0.2, 0) is 4.79 Å². The Hall–Kier alpha value is -1.55. The predicted octanol–water partition coefficient (Wildman–Crippen LogP) is 2.72. The summed E-state index contributed by atoms with van der Waals surface area (Å²) in [5, 5.41) is 6.04. The molecular formula is C15H24N2O2. The second-order valence-electron chi connectivity index (χ2n) is 4.67. The number of hydrogen-bond acceptors (Lipinski definition) is 3. The number of anilines is 1. The molecule has 0 radical (unpaired) electrons. The lowest BCUT2D eigenvalue weighted by molar-refractivity contribution is -0.115. The molecule has 106 valence electrons. The number of rotatable bonds is 7. The highest BCUT2D eigenvalue weighted by atomic mass is 16.5. The Morgan fingerprint density at radius 2 is 2.11 bits per heavy atom. The normalized spacial score (nSPS) is 12.0. The molecule has 2 N–H and O–H groups in total. The monoisotopic (exact) mass is 264 g/mol. The van der Waals surface area contributed by atoms with E-state index in [1.54, 1.807) is 0 Å².